The number of carboxylic acid groups (broad SMARTS) is 1. The first kappa shape index (κ1) is 30.0. The maximum atomic E-state index is 11.9. The van der Waals surface area contributed by atoms with Crippen LogP contribution >= 0.6 is 7.82 Å². The van der Waals surface area contributed by atoms with E-state index >= 15 is 0 Å². The number of aliphatic hydroxyl groups excluding tert-OH is 1. The van der Waals surface area contributed by atoms with Crippen LogP contribution in [0.4, 0.5) is 0 Å². The molecular weight excluding hydrogens is 469 g/mol. The van der Waals surface area contributed by atoms with Crippen LogP contribution in [0.5, 0.6) is 5.75 Å². The molecule has 0 aliphatic heterocycles. The average Bonchev–Trinajstić information content (AvgIpc) is 2.81. The number of benzene rings is 1. The maximum Gasteiger partial charge on any atom is 0.472 e. The third-order valence-corrected chi connectivity index (χ3v) is 5.58. The van der Waals surface area contributed by atoms with E-state index in [9.17, 15) is 24.2 Å². The molecule has 0 aromatic heterocycles. The molecule has 0 fully saturated rings. The third-order valence-electron chi connectivity index (χ3n) is 4.63. The lowest BCUT2D eigenvalue weighted by molar-refractivity contribution is -0.147. The molecule has 194 valence electrons. The zero-order chi connectivity index (χ0) is 25.4. The second-order valence-corrected chi connectivity index (χ2v) is 9.21. The molecule has 0 bridgehead atoms. The van der Waals surface area contributed by atoms with Crippen molar-refractivity contribution in [3.8, 4) is 5.75 Å². The first-order valence-corrected chi connectivity index (χ1v) is 12.8. The molecule has 1 rings (SSSR count). The predicted octanol–water partition coefficient (Wildman–Crippen LogP) is 2.42. The normalized spacial score (nSPS) is 14.7. The first-order valence-electron chi connectivity index (χ1n) is 11.3. The highest BCUT2D eigenvalue weighted by Gasteiger charge is 2.26. The van der Waals surface area contributed by atoms with Gasteiger partial charge in [0, 0.05) is 6.42 Å². The molecule has 0 saturated carbocycles. The number of carbonyl (C=O) groups excluding carboxylic acids is 1. The minimum Gasteiger partial charge on any atom is -0.494 e. The van der Waals surface area contributed by atoms with Crippen molar-refractivity contribution in [2.45, 2.75) is 64.0 Å². The van der Waals surface area contributed by atoms with Crippen molar-refractivity contribution in [1.29, 1.82) is 0 Å². The summed E-state index contributed by atoms with van der Waals surface area (Å²) in [6.07, 6.45) is 4.88. The Morgan fingerprint density at radius 3 is 2.50 bits per heavy atom. The molecule has 0 aliphatic carbocycles. The van der Waals surface area contributed by atoms with Crippen molar-refractivity contribution < 1.29 is 47.8 Å². The van der Waals surface area contributed by atoms with Crippen LogP contribution in [0.2, 0.25) is 0 Å². The van der Waals surface area contributed by atoms with Crippen LogP contribution in [0.3, 0.4) is 0 Å². The lowest BCUT2D eigenvalue weighted by Crippen LogP contribution is -2.34. The molecule has 0 radical (unpaired) electrons. The molecule has 11 nitrogen and oxygen atoms in total. The van der Waals surface area contributed by atoms with Crippen LogP contribution in [-0.2, 0) is 34.4 Å². The van der Waals surface area contributed by atoms with Crippen molar-refractivity contribution in [3.63, 3.8) is 0 Å². The maximum absolute atomic E-state index is 11.9. The molecule has 1 aromatic carbocycles. The average molecular weight is 506 g/mol. The van der Waals surface area contributed by atoms with Gasteiger partial charge in [0.1, 0.15) is 24.5 Å². The number of unbranched alkanes of at least 4 members (excludes halogenated alkanes) is 4. The first-order chi connectivity index (χ1) is 16.1. The number of aryl methyl sites for hydroxylation is 1. The number of nitrogens with two attached hydrogens (primary N) is 1. The molecule has 0 spiro atoms. The largest absolute Gasteiger partial charge is 0.494 e. The molecule has 5 N–H and O–H groups in total. The van der Waals surface area contributed by atoms with E-state index in [0.29, 0.717) is 13.0 Å². The second-order valence-electron chi connectivity index (χ2n) is 7.75. The highest BCUT2D eigenvalue weighted by molar-refractivity contribution is 7.47. The molecular formula is C22H36NO10P. The van der Waals surface area contributed by atoms with Gasteiger partial charge in [-0.2, -0.15) is 0 Å². The van der Waals surface area contributed by atoms with Gasteiger partial charge in [-0.05, 0) is 30.5 Å². The number of carboxylic acids is 1. The number of hydrogen-bond acceptors (Lipinski definition) is 9. The SMILES string of the molecule is CCCCCCCOc1cccc(CCC(=O)OC[C@@H](O)COP(=O)(O)OC[C@H](N)C(=O)O)c1. The van der Waals surface area contributed by atoms with Gasteiger partial charge in [-0.1, -0.05) is 44.7 Å². The van der Waals surface area contributed by atoms with Gasteiger partial charge < -0.3 is 30.3 Å². The van der Waals surface area contributed by atoms with Gasteiger partial charge in [-0.25, -0.2) is 4.57 Å². The van der Waals surface area contributed by atoms with E-state index in [2.05, 4.69) is 16.0 Å². The minimum absolute atomic E-state index is 0.0722. The van der Waals surface area contributed by atoms with E-state index < -0.39 is 51.7 Å². The van der Waals surface area contributed by atoms with Crippen molar-refractivity contribution in [1.82, 2.24) is 0 Å². The Balaban J connectivity index is 2.26. The van der Waals surface area contributed by atoms with Crippen molar-refractivity contribution in [2.24, 2.45) is 5.73 Å². The summed E-state index contributed by atoms with van der Waals surface area (Å²) < 4.78 is 31.3. The zero-order valence-electron chi connectivity index (χ0n) is 19.5. The van der Waals surface area contributed by atoms with E-state index in [1.165, 1.54) is 19.3 Å². The summed E-state index contributed by atoms with van der Waals surface area (Å²) in [6.45, 7) is 0.952. The number of esters is 1. The molecule has 12 heteroatoms. The summed E-state index contributed by atoms with van der Waals surface area (Å²) in [5, 5.41) is 18.4. The number of ether oxygens (including phenoxy) is 2. The van der Waals surface area contributed by atoms with E-state index in [-0.39, 0.29) is 6.42 Å². The molecule has 34 heavy (non-hydrogen) atoms. The Hall–Kier alpha value is -2.01. The van der Waals surface area contributed by atoms with Crippen LogP contribution in [0.25, 0.3) is 0 Å². The van der Waals surface area contributed by atoms with Crippen LogP contribution in [0.15, 0.2) is 24.3 Å². The van der Waals surface area contributed by atoms with E-state index in [0.717, 1.165) is 24.2 Å². The Morgan fingerprint density at radius 1 is 1.09 bits per heavy atom. The van der Waals surface area contributed by atoms with Gasteiger partial charge in [-0.15, -0.1) is 0 Å². The molecule has 3 atom stereocenters. The van der Waals surface area contributed by atoms with Gasteiger partial charge in [0.2, 0.25) is 0 Å². The summed E-state index contributed by atoms with van der Waals surface area (Å²) >= 11 is 0. The minimum atomic E-state index is -4.62. The quantitative estimate of drug-likeness (QED) is 0.123. The van der Waals surface area contributed by atoms with Crippen LogP contribution in [0, 0.1) is 0 Å². The molecule has 0 aliphatic rings. The highest BCUT2D eigenvalue weighted by atomic mass is 31.2. The Bertz CT molecular complexity index is 791. The number of carbonyl (C=O) groups is 2. The molecule has 0 heterocycles. The van der Waals surface area contributed by atoms with Crippen LogP contribution in [0.1, 0.15) is 51.0 Å². The van der Waals surface area contributed by atoms with Gasteiger partial charge >= 0.3 is 19.8 Å². The Morgan fingerprint density at radius 2 is 1.79 bits per heavy atom. The summed E-state index contributed by atoms with van der Waals surface area (Å²) in [7, 11) is -4.62. The van der Waals surface area contributed by atoms with Crippen molar-refractivity contribution in [2.75, 3.05) is 26.4 Å². The number of aliphatic hydroxyl groups is 1. The number of phosphoric ester groups is 1. The van der Waals surface area contributed by atoms with E-state index in [1.807, 2.05) is 24.3 Å². The van der Waals surface area contributed by atoms with Crippen LogP contribution < -0.4 is 10.5 Å². The monoisotopic (exact) mass is 505 g/mol. The Kier molecular flexibility index (Phi) is 14.6. The Labute approximate surface area is 199 Å². The summed E-state index contributed by atoms with van der Waals surface area (Å²) in [4.78, 5) is 31.9. The lowest BCUT2D eigenvalue weighted by Gasteiger charge is -2.16. The zero-order valence-corrected chi connectivity index (χ0v) is 20.4. The molecule has 1 aromatic rings. The fourth-order valence-corrected chi connectivity index (χ4v) is 3.49. The number of phosphoric acid groups is 1. The third kappa shape index (κ3) is 14.3. The number of hydrogen-bond donors (Lipinski definition) is 4. The summed E-state index contributed by atoms with van der Waals surface area (Å²) in [5.74, 6) is -1.23. The molecule has 1 unspecified atom stereocenters. The molecule has 0 amide bonds. The fraction of sp³-hybridized carbons (Fsp3) is 0.636. The highest BCUT2D eigenvalue weighted by Crippen LogP contribution is 2.43. The molecule has 0 saturated heterocycles. The fourth-order valence-electron chi connectivity index (χ4n) is 2.71. The predicted molar refractivity (Wildman–Crippen MR) is 123 cm³/mol. The van der Waals surface area contributed by atoms with Gasteiger partial charge in [0.25, 0.3) is 0 Å². The topological polar surface area (TPSA) is 175 Å². The van der Waals surface area contributed by atoms with Gasteiger partial charge in [0.15, 0.2) is 0 Å². The van der Waals surface area contributed by atoms with Crippen molar-refractivity contribution in [3.05, 3.63) is 29.8 Å². The standard InChI is InChI=1S/C22H36NO10P/c1-2-3-4-5-6-12-30-19-9-7-8-17(13-19)10-11-21(25)31-14-18(24)15-32-34(28,29)33-16-20(23)22(26)27/h7-9,13,18,20,24H,2-6,10-12,14-16,23H2,1H3,(H,26,27)(H,28,29)/t18-,20+/m1/s1. The van der Waals surface area contributed by atoms with Gasteiger partial charge in [0.05, 0.1) is 19.8 Å². The second kappa shape index (κ2) is 16.6. The number of aliphatic carboxylic acids is 1. The van der Waals surface area contributed by atoms with Crippen LogP contribution in [-0.4, -0.2) is 65.6 Å². The lowest BCUT2D eigenvalue weighted by atomic mass is 10.1. The van der Waals surface area contributed by atoms with Gasteiger partial charge in [-0.3, -0.25) is 18.6 Å². The summed E-state index contributed by atoms with van der Waals surface area (Å²) in [5.41, 5.74) is 6.06. The van der Waals surface area contributed by atoms with E-state index in [1.54, 1.807) is 0 Å². The summed E-state index contributed by atoms with van der Waals surface area (Å²) in [6, 6.07) is 5.96. The van der Waals surface area contributed by atoms with E-state index in [4.69, 9.17) is 20.3 Å². The van der Waals surface area contributed by atoms with Crippen molar-refractivity contribution >= 4 is 19.8 Å². The smallest absolute Gasteiger partial charge is 0.472 e. The number of rotatable bonds is 19.